The molecule has 0 fully saturated rings. The fourth-order valence-electron chi connectivity index (χ4n) is 3.15. The molecule has 1 aromatic heterocycles. The van der Waals surface area contributed by atoms with Crippen molar-refractivity contribution in [3.05, 3.63) is 88.5 Å². The number of rotatable bonds is 5. The van der Waals surface area contributed by atoms with Crippen molar-refractivity contribution in [3.63, 3.8) is 0 Å². The van der Waals surface area contributed by atoms with Crippen LogP contribution in [0.1, 0.15) is 21.0 Å². The molecule has 0 spiro atoms. The molecule has 0 radical (unpaired) electrons. The normalized spacial score (nSPS) is 10.8. The average molecular weight is 386 g/mol. The van der Waals surface area contributed by atoms with Crippen LogP contribution < -0.4 is 16.2 Å². The third-order valence-corrected chi connectivity index (χ3v) is 4.56. The molecule has 7 heteroatoms. The maximum absolute atomic E-state index is 12.5. The van der Waals surface area contributed by atoms with Gasteiger partial charge in [-0.05, 0) is 29.0 Å². The van der Waals surface area contributed by atoms with Gasteiger partial charge in [-0.2, -0.15) is 0 Å². The molecule has 0 unspecified atom stereocenters. The van der Waals surface area contributed by atoms with E-state index in [0.29, 0.717) is 16.5 Å². The first-order chi connectivity index (χ1) is 14.1. The summed E-state index contributed by atoms with van der Waals surface area (Å²) < 4.78 is 0. The lowest BCUT2D eigenvalue weighted by Crippen LogP contribution is -2.36. The Bertz CT molecular complexity index is 1270. The summed E-state index contributed by atoms with van der Waals surface area (Å²) in [6.45, 7) is 0.442. The fraction of sp³-hybridized carbons (Fsp3) is 0.0909. The molecule has 0 aliphatic heterocycles. The van der Waals surface area contributed by atoms with Gasteiger partial charge in [0.15, 0.2) is 5.82 Å². The monoisotopic (exact) mass is 386 g/mol. The van der Waals surface area contributed by atoms with Crippen LogP contribution in [0, 0.1) is 0 Å². The molecule has 3 aromatic carbocycles. The van der Waals surface area contributed by atoms with Crippen molar-refractivity contribution in [1.29, 1.82) is 0 Å². The number of benzene rings is 3. The number of para-hydroxylation sites is 1. The minimum atomic E-state index is -0.507. The van der Waals surface area contributed by atoms with Crippen LogP contribution in [0.5, 0.6) is 0 Å². The van der Waals surface area contributed by atoms with E-state index in [9.17, 15) is 14.4 Å². The zero-order chi connectivity index (χ0) is 20.2. The minimum Gasteiger partial charge on any atom is -0.350 e. The number of nitrogens with zero attached hydrogens (tertiary/aromatic N) is 1. The Morgan fingerprint density at radius 3 is 2.28 bits per heavy atom. The maximum Gasteiger partial charge on any atom is 0.287 e. The van der Waals surface area contributed by atoms with Crippen molar-refractivity contribution in [3.8, 4) is 0 Å². The molecule has 0 bridgehead atoms. The highest BCUT2D eigenvalue weighted by molar-refractivity contribution is 6.07. The van der Waals surface area contributed by atoms with Gasteiger partial charge in [0.1, 0.15) is 0 Å². The Labute approximate surface area is 165 Å². The third-order valence-electron chi connectivity index (χ3n) is 4.56. The van der Waals surface area contributed by atoms with E-state index >= 15 is 0 Å². The maximum atomic E-state index is 12.5. The molecule has 4 rings (SSSR count). The molecule has 0 aliphatic carbocycles. The smallest absolute Gasteiger partial charge is 0.287 e. The zero-order valence-electron chi connectivity index (χ0n) is 15.4. The number of aromatic amines is 1. The summed E-state index contributed by atoms with van der Waals surface area (Å²) >= 11 is 0. The van der Waals surface area contributed by atoms with Gasteiger partial charge in [-0.25, -0.2) is 4.98 Å². The van der Waals surface area contributed by atoms with Gasteiger partial charge in [-0.1, -0.05) is 48.5 Å². The number of hydrogen-bond donors (Lipinski definition) is 3. The Hall–Kier alpha value is -4.00. The van der Waals surface area contributed by atoms with E-state index in [4.69, 9.17) is 0 Å². The number of amides is 2. The Balaban J connectivity index is 1.37. The van der Waals surface area contributed by atoms with Crippen LogP contribution in [0.2, 0.25) is 0 Å². The SMILES string of the molecule is O=C(NCCNC(=O)c1cccc2ccccc12)c1nc2ccccc2c(=O)[nH]1. The fourth-order valence-corrected chi connectivity index (χ4v) is 3.15. The molecule has 0 saturated heterocycles. The van der Waals surface area contributed by atoms with Crippen LogP contribution in [-0.4, -0.2) is 34.9 Å². The molecule has 144 valence electrons. The highest BCUT2D eigenvalue weighted by Crippen LogP contribution is 2.18. The first-order valence-electron chi connectivity index (χ1n) is 9.17. The van der Waals surface area contributed by atoms with Crippen molar-refractivity contribution in [1.82, 2.24) is 20.6 Å². The van der Waals surface area contributed by atoms with E-state index in [1.165, 1.54) is 0 Å². The van der Waals surface area contributed by atoms with Crippen molar-refractivity contribution in [2.75, 3.05) is 13.1 Å². The minimum absolute atomic E-state index is 0.0610. The van der Waals surface area contributed by atoms with Crippen molar-refractivity contribution < 1.29 is 9.59 Å². The van der Waals surface area contributed by atoms with E-state index in [2.05, 4.69) is 20.6 Å². The van der Waals surface area contributed by atoms with Crippen LogP contribution in [0.4, 0.5) is 0 Å². The number of hydrogen-bond acceptors (Lipinski definition) is 4. The average Bonchev–Trinajstić information content (AvgIpc) is 2.76. The van der Waals surface area contributed by atoms with Crippen LogP contribution in [-0.2, 0) is 0 Å². The van der Waals surface area contributed by atoms with Gasteiger partial charge < -0.3 is 15.6 Å². The van der Waals surface area contributed by atoms with Gasteiger partial charge >= 0.3 is 0 Å². The second-order valence-corrected chi connectivity index (χ2v) is 6.47. The first-order valence-corrected chi connectivity index (χ1v) is 9.17. The van der Waals surface area contributed by atoms with Crippen molar-refractivity contribution >= 4 is 33.5 Å². The van der Waals surface area contributed by atoms with E-state index in [0.717, 1.165) is 10.8 Å². The highest BCUT2D eigenvalue weighted by Gasteiger charge is 2.12. The van der Waals surface area contributed by atoms with Gasteiger partial charge in [-0.3, -0.25) is 14.4 Å². The lowest BCUT2D eigenvalue weighted by atomic mass is 10.0. The molecule has 7 nitrogen and oxygen atoms in total. The summed E-state index contributed by atoms with van der Waals surface area (Å²) in [7, 11) is 0. The summed E-state index contributed by atoms with van der Waals surface area (Å²) in [5.41, 5.74) is 0.658. The number of aromatic nitrogens is 2. The van der Waals surface area contributed by atoms with Gasteiger partial charge in [0.2, 0.25) is 0 Å². The van der Waals surface area contributed by atoms with Gasteiger partial charge in [0, 0.05) is 18.7 Å². The largest absolute Gasteiger partial charge is 0.350 e. The Kier molecular flexibility index (Phi) is 5.03. The van der Waals surface area contributed by atoms with Crippen LogP contribution in [0.15, 0.2) is 71.5 Å². The zero-order valence-corrected chi connectivity index (χ0v) is 15.4. The second-order valence-electron chi connectivity index (χ2n) is 6.47. The summed E-state index contributed by atoms with van der Waals surface area (Å²) in [5, 5.41) is 7.72. The molecule has 0 aliphatic rings. The molecule has 0 atom stereocenters. The number of carbonyl (C=O) groups is 2. The van der Waals surface area contributed by atoms with Gasteiger partial charge in [-0.15, -0.1) is 0 Å². The van der Waals surface area contributed by atoms with E-state index in [-0.39, 0.29) is 30.4 Å². The molecule has 1 heterocycles. The number of nitrogens with one attached hydrogen (secondary N) is 3. The van der Waals surface area contributed by atoms with Gasteiger partial charge in [0.25, 0.3) is 17.4 Å². The van der Waals surface area contributed by atoms with Crippen molar-refractivity contribution in [2.24, 2.45) is 0 Å². The number of fused-ring (bicyclic) bond motifs is 2. The standard InChI is InChI=1S/C22H18N4O3/c27-20(16-10-5-7-14-6-1-2-8-15(14)16)23-12-13-24-22(29)19-25-18-11-4-3-9-17(18)21(28)26-19/h1-11H,12-13H2,(H,23,27)(H,24,29)(H,25,26,28). The summed E-state index contributed by atoms with van der Waals surface area (Å²) in [6.07, 6.45) is 0. The molecular formula is C22H18N4O3. The Morgan fingerprint density at radius 1 is 0.793 bits per heavy atom. The molecule has 0 saturated carbocycles. The number of H-pyrrole nitrogens is 1. The summed E-state index contributed by atoms with van der Waals surface area (Å²) in [6, 6.07) is 20.0. The van der Waals surface area contributed by atoms with Crippen LogP contribution in [0.25, 0.3) is 21.7 Å². The van der Waals surface area contributed by atoms with Gasteiger partial charge in [0.05, 0.1) is 10.9 Å². The van der Waals surface area contributed by atoms with Crippen LogP contribution in [0.3, 0.4) is 0 Å². The predicted octanol–water partition coefficient (Wildman–Crippen LogP) is 2.24. The molecule has 2 amide bonds. The summed E-state index contributed by atoms with van der Waals surface area (Å²) in [5.74, 6) is -0.783. The Morgan fingerprint density at radius 2 is 1.45 bits per heavy atom. The topological polar surface area (TPSA) is 104 Å². The lowest BCUT2D eigenvalue weighted by molar-refractivity contribution is 0.0922. The molecule has 29 heavy (non-hydrogen) atoms. The predicted molar refractivity (Wildman–Crippen MR) is 111 cm³/mol. The first kappa shape index (κ1) is 18.4. The van der Waals surface area contributed by atoms with Crippen LogP contribution >= 0.6 is 0 Å². The second kappa shape index (κ2) is 7.93. The van der Waals surface area contributed by atoms with Crippen molar-refractivity contribution in [2.45, 2.75) is 0 Å². The lowest BCUT2D eigenvalue weighted by Gasteiger charge is -2.09. The molecule has 3 N–H and O–H groups in total. The van der Waals surface area contributed by atoms with E-state index in [1.807, 2.05) is 36.4 Å². The quantitative estimate of drug-likeness (QED) is 0.458. The third kappa shape index (κ3) is 3.84. The summed E-state index contributed by atoms with van der Waals surface area (Å²) in [4.78, 5) is 43.5. The molecule has 4 aromatic rings. The van der Waals surface area contributed by atoms with E-state index in [1.54, 1.807) is 30.3 Å². The van der Waals surface area contributed by atoms with E-state index < -0.39 is 5.91 Å². The number of carbonyl (C=O) groups excluding carboxylic acids is 2. The molecular weight excluding hydrogens is 368 g/mol. The highest BCUT2D eigenvalue weighted by atomic mass is 16.2.